The van der Waals surface area contributed by atoms with Crippen molar-refractivity contribution in [1.82, 2.24) is 9.55 Å². The van der Waals surface area contributed by atoms with Gasteiger partial charge in [0.05, 0.1) is 16.3 Å². The van der Waals surface area contributed by atoms with Gasteiger partial charge in [0.1, 0.15) is 10.6 Å². The van der Waals surface area contributed by atoms with Gasteiger partial charge in [-0.05, 0) is 56.5 Å². The molecular formula is C20H19ClN2O2S2. The Bertz CT molecular complexity index is 1090. The summed E-state index contributed by atoms with van der Waals surface area (Å²) in [5, 5.41) is 1.71. The molecule has 0 amide bonds. The van der Waals surface area contributed by atoms with Gasteiger partial charge in [0.25, 0.3) is 5.56 Å². The van der Waals surface area contributed by atoms with Gasteiger partial charge >= 0.3 is 0 Å². The SMILES string of the molecule is Cc1sc2nc(S[C@@H]3CCCCC3=O)n(-c3ccc(Cl)cc3)c(=O)c2c1C. The van der Waals surface area contributed by atoms with Gasteiger partial charge in [-0.15, -0.1) is 11.3 Å². The fraction of sp³-hybridized carbons (Fsp3) is 0.350. The van der Waals surface area contributed by atoms with Crippen LogP contribution in [0, 0.1) is 13.8 Å². The zero-order chi connectivity index (χ0) is 19.1. The van der Waals surface area contributed by atoms with E-state index >= 15 is 0 Å². The van der Waals surface area contributed by atoms with Gasteiger partial charge in [-0.1, -0.05) is 29.8 Å². The highest BCUT2D eigenvalue weighted by molar-refractivity contribution is 8.00. The highest BCUT2D eigenvalue weighted by Crippen LogP contribution is 2.34. The van der Waals surface area contributed by atoms with Crippen LogP contribution in [0.25, 0.3) is 15.9 Å². The molecule has 4 nitrogen and oxygen atoms in total. The van der Waals surface area contributed by atoms with Gasteiger partial charge in [0.15, 0.2) is 5.16 Å². The van der Waals surface area contributed by atoms with Crippen molar-refractivity contribution in [2.75, 3.05) is 0 Å². The molecule has 0 spiro atoms. The third-order valence-corrected chi connectivity index (χ3v) is 7.62. The number of ketones is 1. The predicted molar refractivity (Wildman–Crippen MR) is 113 cm³/mol. The van der Waals surface area contributed by atoms with E-state index in [-0.39, 0.29) is 16.6 Å². The minimum atomic E-state index is -0.135. The molecule has 1 aliphatic carbocycles. The maximum atomic E-state index is 13.4. The Kier molecular flexibility index (Phi) is 5.14. The number of nitrogens with zero attached hydrogens (tertiary/aromatic N) is 2. The van der Waals surface area contributed by atoms with Crippen LogP contribution in [0.3, 0.4) is 0 Å². The lowest BCUT2D eigenvalue weighted by molar-refractivity contribution is -0.119. The van der Waals surface area contributed by atoms with Crippen LogP contribution < -0.4 is 5.56 Å². The van der Waals surface area contributed by atoms with E-state index < -0.39 is 0 Å². The number of carbonyl (C=O) groups excluding carboxylic acids is 1. The Hall–Kier alpha value is -1.63. The average molecular weight is 419 g/mol. The molecule has 2 aromatic heterocycles. The Morgan fingerprint density at radius 2 is 1.93 bits per heavy atom. The third kappa shape index (κ3) is 3.46. The second-order valence-corrected chi connectivity index (χ2v) is 9.60. The Balaban J connectivity index is 1.92. The largest absolute Gasteiger partial charge is 0.298 e. The summed E-state index contributed by atoms with van der Waals surface area (Å²) in [6.07, 6.45) is 3.44. The van der Waals surface area contributed by atoms with Gasteiger partial charge < -0.3 is 0 Å². The van der Waals surface area contributed by atoms with Crippen molar-refractivity contribution < 1.29 is 4.79 Å². The molecule has 0 unspecified atom stereocenters. The lowest BCUT2D eigenvalue weighted by atomic mass is 9.99. The van der Waals surface area contributed by atoms with Gasteiger partial charge in [-0.25, -0.2) is 4.98 Å². The van der Waals surface area contributed by atoms with Gasteiger partial charge in [0.2, 0.25) is 0 Å². The summed E-state index contributed by atoms with van der Waals surface area (Å²) in [6.45, 7) is 3.96. The molecule has 0 saturated heterocycles. The fourth-order valence-electron chi connectivity index (χ4n) is 3.37. The monoisotopic (exact) mass is 418 g/mol. The van der Waals surface area contributed by atoms with Crippen LogP contribution in [0.4, 0.5) is 0 Å². The molecule has 1 saturated carbocycles. The number of halogens is 1. The van der Waals surface area contributed by atoms with Crippen molar-refractivity contribution >= 4 is 50.7 Å². The number of benzene rings is 1. The standard InChI is InChI=1S/C20H19ClN2O2S2/c1-11-12(2)26-18-17(11)19(25)23(14-9-7-13(21)8-10-14)20(22-18)27-16-6-4-3-5-15(16)24/h7-10,16H,3-6H2,1-2H3/t16-/m1/s1. The second kappa shape index (κ2) is 7.41. The summed E-state index contributed by atoms with van der Waals surface area (Å²) in [5.74, 6) is 0.252. The second-order valence-electron chi connectivity index (χ2n) is 6.79. The predicted octanol–water partition coefficient (Wildman–Crippen LogP) is 5.32. The maximum absolute atomic E-state index is 13.4. The van der Waals surface area contributed by atoms with E-state index in [4.69, 9.17) is 16.6 Å². The summed E-state index contributed by atoms with van der Waals surface area (Å²) in [7, 11) is 0. The van der Waals surface area contributed by atoms with E-state index in [2.05, 4.69) is 0 Å². The summed E-state index contributed by atoms with van der Waals surface area (Å²) in [5.41, 5.74) is 1.60. The molecule has 0 aliphatic heterocycles. The lowest BCUT2D eigenvalue weighted by Gasteiger charge is -2.21. The molecule has 0 N–H and O–H groups in total. The van der Waals surface area contributed by atoms with Crippen LogP contribution in [0.2, 0.25) is 5.02 Å². The molecule has 1 fully saturated rings. The van der Waals surface area contributed by atoms with Crippen molar-refractivity contribution in [3.8, 4) is 5.69 Å². The lowest BCUT2D eigenvalue weighted by Crippen LogP contribution is -2.26. The number of thioether (sulfide) groups is 1. The molecule has 0 bridgehead atoms. The fourth-order valence-corrected chi connectivity index (χ4v) is 5.80. The summed E-state index contributed by atoms with van der Waals surface area (Å²) in [6, 6.07) is 7.16. The summed E-state index contributed by atoms with van der Waals surface area (Å²) < 4.78 is 1.63. The highest BCUT2D eigenvalue weighted by Gasteiger charge is 2.27. The third-order valence-electron chi connectivity index (χ3n) is 5.00. The van der Waals surface area contributed by atoms with Gasteiger partial charge in [0, 0.05) is 16.3 Å². The Labute approximate surface area is 170 Å². The zero-order valence-corrected chi connectivity index (χ0v) is 17.5. The molecule has 3 aromatic rings. The molecule has 27 heavy (non-hydrogen) atoms. The Morgan fingerprint density at radius 1 is 1.19 bits per heavy atom. The van der Waals surface area contributed by atoms with Crippen molar-refractivity contribution in [3.05, 3.63) is 50.1 Å². The first kappa shape index (κ1) is 18.7. The molecule has 0 radical (unpaired) electrons. The van der Waals surface area contributed by atoms with E-state index in [1.165, 1.54) is 23.1 Å². The number of thiophene rings is 1. The zero-order valence-electron chi connectivity index (χ0n) is 15.1. The van der Waals surface area contributed by atoms with Crippen LogP contribution in [-0.4, -0.2) is 20.6 Å². The molecule has 1 aliphatic rings. The first-order chi connectivity index (χ1) is 13.0. The van der Waals surface area contributed by atoms with E-state index in [1.54, 1.807) is 16.7 Å². The Morgan fingerprint density at radius 3 is 2.63 bits per heavy atom. The van der Waals surface area contributed by atoms with E-state index in [9.17, 15) is 9.59 Å². The number of hydrogen-bond donors (Lipinski definition) is 0. The van der Waals surface area contributed by atoms with Gasteiger partial charge in [-0.3, -0.25) is 14.2 Å². The molecule has 7 heteroatoms. The van der Waals surface area contributed by atoms with Crippen molar-refractivity contribution in [2.24, 2.45) is 0 Å². The van der Waals surface area contributed by atoms with Crippen LogP contribution in [0.5, 0.6) is 0 Å². The van der Waals surface area contributed by atoms with Crippen molar-refractivity contribution in [1.29, 1.82) is 0 Å². The topological polar surface area (TPSA) is 52.0 Å². The number of carbonyl (C=O) groups is 1. The molecule has 1 atom stereocenters. The number of aryl methyl sites for hydroxylation is 2. The molecule has 1 aromatic carbocycles. The maximum Gasteiger partial charge on any atom is 0.267 e. The minimum Gasteiger partial charge on any atom is -0.298 e. The van der Waals surface area contributed by atoms with Gasteiger partial charge in [-0.2, -0.15) is 0 Å². The molecule has 2 heterocycles. The molecule has 140 valence electrons. The van der Waals surface area contributed by atoms with Crippen molar-refractivity contribution in [3.63, 3.8) is 0 Å². The number of Topliss-reactive ketones (excluding diaryl/α,β-unsaturated/α-hetero) is 1. The van der Waals surface area contributed by atoms with Crippen LogP contribution in [0.15, 0.2) is 34.2 Å². The first-order valence-corrected chi connectivity index (χ1v) is 11.0. The number of hydrogen-bond acceptors (Lipinski definition) is 5. The number of aromatic nitrogens is 2. The van der Waals surface area contributed by atoms with E-state index in [1.807, 2.05) is 26.0 Å². The van der Waals surface area contributed by atoms with E-state index in [0.29, 0.717) is 27.7 Å². The smallest absolute Gasteiger partial charge is 0.267 e. The summed E-state index contributed by atoms with van der Waals surface area (Å²) in [4.78, 5) is 32.4. The number of rotatable bonds is 3. The average Bonchev–Trinajstić information content (AvgIpc) is 2.93. The number of fused-ring (bicyclic) bond motifs is 1. The first-order valence-electron chi connectivity index (χ1n) is 8.94. The van der Waals surface area contributed by atoms with Crippen LogP contribution >= 0.6 is 34.7 Å². The normalized spacial score (nSPS) is 17.6. The van der Waals surface area contributed by atoms with Crippen molar-refractivity contribution in [2.45, 2.75) is 49.9 Å². The molecule has 4 rings (SSSR count). The van der Waals surface area contributed by atoms with E-state index in [0.717, 1.165) is 34.5 Å². The van der Waals surface area contributed by atoms with Crippen LogP contribution in [-0.2, 0) is 4.79 Å². The quantitative estimate of drug-likeness (QED) is 0.540. The summed E-state index contributed by atoms with van der Waals surface area (Å²) >= 11 is 8.98. The minimum absolute atomic E-state index is 0.0880. The highest BCUT2D eigenvalue weighted by atomic mass is 35.5. The van der Waals surface area contributed by atoms with Crippen LogP contribution in [0.1, 0.15) is 36.1 Å². The molecular weight excluding hydrogens is 400 g/mol.